The summed E-state index contributed by atoms with van der Waals surface area (Å²) in [6, 6.07) is 10.9. The Labute approximate surface area is 147 Å². The van der Waals surface area contributed by atoms with E-state index in [1.807, 2.05) is 0 Å². The predicted octanol–water partition coefficient (Wildman–Crippen LogP) is 2.86. The van der Waals surface area contributed by atoms with E-state index in [1.54, 1.807) is 0 Å². The van der Waals surface area contributed by atoms with Crippen LogP contribution in [-0.4, -0.2) is 56.1 Å². The lowest BCUT2D eigenvalue weighted by Crippen LogP contribution is -2.36. The molecule has 4 heteroatoms. The van der Waals surface area contributed by atoms with Crippen LogP contribution in [0.4, 0.5) is 0 Å². The van der Waals surface area contributed by atoms with Crippen molar-refractivity contribution in [2.75, 3.05) is 46.3 Å². The number of hydrogen-bond acceptors (Lipinski definition) is 3. The molecule has 23 heavy (non-hydrogen) atoms. The number of halogens is 1. The van der Waals surface area contributed by atoms with Gasteiger partial charge in [0.05, 0.1) is 0 Å². The van der Waals surface area contributed by atoms with Gasteiger partial charge in [-0.2, -0.15) is 0 Å². The molecule has 1 N–H and O–H groups in total. The second-order valence-corrected chi connectivity index (χ2v) is 7.29. The van der Waals surface area contributed by atoms with Gasteiger partial charge in [0.2, 0.25) is 0 Å². The standard InChI is InChI=1S/C19H31N3.ClH/c1-21(13-18-7-10-20-11-8-18)14-19-9-12-22(16-19)15-17-5-3-2-4-6-17;/h2-6,18-20H,7-16H2,1H3;1H. The molecule has 0 saturated carbocycles. The van der Waals surface area contributed by atoms with Crippen molar-refractivity contribution in [1.82, 2.24) is 15.1 Å². The Balaban J connectivity index is 0.00000192. The largest absolute Gasteiger partial charge is 0.317 e. The lowest BCUT2D eigenvalue weighted by atomic mass is 9.97. The lowest BCUT2D eigenvalue weighted by molar-refractivity contribution is 0.209. The van der Waals surface area contributed by atoms with Gasteiger partial charge in [-0.1, -0.05) is 30.3 Å². The Morgan fingerprint density at radius 1 is 1.04 bits per heavy atom. The number of hydrogen-bond donors (Lipinski definition) is 1. The summed E-state index contributed by atoms with van der Waals surface area (Å²) < 4.78 is 0. The molecule has 0 aliphatic carbocycles. The molecule has 0 spiro atoms. The lowest BCUT2D eigenvalue weighted by Gasteiger charge is -2.29. The second kappa shape index (κ2) is 9.63. The Morgan fingerprint density at radius 3 is 2.48 bits per heavy atom. The molecule has 2 heterocycles. The summed E-state index contributed by atoms with van der Waals surface area (Å²) in [6.07, 6.45) is 4.08. The van der Waals surface area contributed by atoms with E-state index in [9.17, 15) is 0 Å². The maximum Gasteiger partial charge on any atom is 0.0233 e. The van der Waals surface area contributed by atoms with Crippen LogP contribution in [0, 0.1) is 11.8 Å². The average molecular weight is 338 g/mol. The summed E-state index contributed by atoms with van der Waals surface area (Å²) in [4.78, 5) is 5.21. The first kappa shape index (κ1) is 18.7. The molecule has 1 unspecified atom stereocenters. The fourth-order valence-corrected chi connectivity index (χ4v) is 4.07. The van der Waals surface area contributed by atoms with Crippen molar-refractivity contribution in [3.05, 3.63) is 35.9 Å². The molecule has 2 fully saturated rings. The Morgan fingerprint density at radius 2 is 1.74 bits per heavy atom. The zero-order chi connectivity index (χ0) is 15.2. The van der Waals surface area contributed by atoms with Crippen LogP contribution in [0.3, 0.4) is 0 Å². The third-order valence-corrected chi connectivity index (χ3v) is 5.22. The Hall–Kier alpha value is -0.610. The summed E-state index contributed by atoms with van der Waals surface area (Å²) in [7, 11) is 2.32. The van der Waals surface area contributed by atoms with Gasteiger partial charge in [-0.05, 0) is 63.3 Å². The van der Waals surface area contributed by atoms with E-state index in [0.717, 1.165) is 18.4 Å². The maximum atomic E-state index is 3.46. The minimum atomic E-state index is 0. The number of nitrogens with one attached hydrogen (secondary N) is 1. The van der Waals surface area contributed by atoms with Crippen LogP contribution in [0.5, 0.6) is 0 Å². The smallest absolute Gasteiger partial charge is 0.0233 e. The molecule has 2 aliphatic rings. The van der Waals surface area contributed by atoms with Gasteiger partial charge in [0.25, 0.3) is 0 Å². The van der Waals surface area contributed by atoms with Gasteiger partial charge >= 0.3 is 0 Å². The molecule has 2 saturated heterocycles. The quantitative estimate of drug-likeness (QED) is 0.861. The van der Waals surface area contributed by atoms with Gasteiger partial charge in [-0.25, -0.2) is 0 Å². The minimum Gasteiger partial charge on any atom is -0.317 e. The van der Waals surface area contributed by atoms with E-state index in [1.165, 1.54) is 64.1 Å². The average Bonchev–Trinajstić information content (AvgIpc) is 2.96. The van der Waals surface area contributed by atoms with E-state index in [0.29, 0.717) is 0 Å². The molecule has 3 rings (SSSR count). The molecular formula is C19H32ClN3. The molecule has 1 aromatic rings. The third-order valence-electron chi connectivity index (χ3n) is 5.22. The van der Waals surface area contributed by atoms with Crippen LogP contribution < -0.4 is 5.32 Å². The molecule has 1 atom stereocenters. The number of likely N-dealkylation sites (tertiary alicyclic amines) is 1. The molecule has 0 amide bonds. The normalized spacial score (nSPS) is 23.1. The van der Waals surface area contributed by atoms with Crippen molar-refractivity contribution >= 4 is 12.4 Å². The highest BCUT2D eigenvalue weighted by molar-refractivity contribution is 5.85. The second-order valence-electron chi connectivity index (χ2n) is 7.29. The van der Waals surface area contributed by atoms with Crippen LogP contribution in [0.2, 0.25) is 0 Å². The molecule has 0 bridgehead atoms. The van der Waals surface area contributed by atoms with Gasteiger partial charge in [0.15, 0.2) is 0 Å². The first-order chi connectivity index (χ1) is 10.8. The SMILES string of the molecule is CN(CC1CCNCC1)CC1CCN(Cc2ccccc2)C1.Cl. The highest BCUT2D eigenvalue weighted by Gasteiger charge is 2.24. The Bertz CT molecular complexity index is 434. The van der Waals surface area contributed by atoms with E-state index in [2.05, 4.69) is 52.5 Å². The first-order valence-corrected chi connectivity index (χ1v) is 8.95. The number of rotatable bonds is 6. The van der Waals surface area contributed by atoms with Gasteiger partial charge in [0, 0.05) is 26.2 Å². The van der Waals surface area contributed by atoms with Crippen molar-refractivity contribution in [1.29, 1.82) is 0 Å². The highest BCUT2D eigenvalue weighted by atomic mass is 35.5. The molecule has 0 aromatic heterocycles. The van der Waals surface area contributed by atoms with Crippen molar-refractivity contribution in [3.63, 3.8) is 0 Å². The minimum absolute atomic E-state index is 0. The van der Waals surface area contributed by atoms with Gasteiger partial charge in [-0.3, -0.25) is 4.90 Å². The fraction of sp³-hybridized carbons (Fsp3) is 0.684. The zero-order valence-corrected chi connectivity index (χ0v) is 15.2. The Kier molecular flexibility index (Phi) is 7.84. The van der Waals surface area contributed by atoms with Crippen LogP contribution in [0.25, 0.3) is 0 Å². The van der Waals surface area contributed by atoms with Crippen LogP contribution in [0.1, 0.15) is 24.8 Å². The third kappa shape index (κ3) is 6.07. The molecular weight excluding hydrogens is 306 g/mol. The molecule has 2 aliphatic heterocycles. The predicted molar refractivity (Wildman–Crippen MR) is 100 cm³/mol. The van der Waals surface area contributed by atoms with Crippen LogP contribution in [0.15, 0.2) is 30.3 Å². The summed E-state index contributed by atoms with van der Waals surface area (Å²) in [5, 5.41) is 3.46. The number of nitrogens with zero attached hydrogens (tertiary/aromatic N) is 2. The molecule has 0 radical (unpaired) electrons. The summed E-state index contributed by atoms with van der Waals surface area (Å²) in [5.41, 5.74) is 1.45. The van der Waals surface area contributed by atoms with Gasteiger partial charge in [-0.15, -0.1) is 12.4 Å². The zero-order valence-electron chi connectivity index (χ0n) is 14.4. The van der Waals surface area contributed by atoms with Crippen molar-refractivity contribution in [2.24, 2.45) is 11.8 Å². The van der Waals surface area contributed by atoms with Gasteiger partial charge in [0.1, 0.15) is 0 Å². The van der Waals surface area contributed by atoms with Crippen molar-refractivity contribution in [3.8, 4) is 0 Å². The highest BCUT2D eigenvalue weighted by Crippen LogP contribution is 2.20. The topological polar surface area (TPSA) is 18.5 Å². The van der Waals surface area contributed by atoms with Crippen molar-refractivity contribution in [2.45, 2.75) is 25.8 Å². The van der Waals surface area contributed by atoms with Crippen molar-refractivity contribution < 1.29 is 0 Å². The van der Waals surface area contributed by atoms with Gasteiger partial charge < -0.3 is 10.2 Å². The summed E-state index contributed by atoms with van der Waals surface area (Å²) in [5.74, 6) is 1.77. The van der Waals surface area contributed by atoms with E-state index in [-0.39, 0.29) is 12.4 Å². The number of piperidine rings is 1. The number of benzene rings is 1. The fourth-order valence-electron chi connectivity index (χ4n) is 4.07. The van der Waals surface area contributed by atoms with Crippen LogP contribution in [-0.2, 0) is 6.54 Å². The monoisotopic (exact) mass is 337 g/mol. The molecule has 130 valence electrons. The van der Waals surface area contributed by atoms with Crippen LogP contribution >= 0.6 is 12.4 Å². The molecule has 3 nitrogen and oxygen atoms in total. The summed E-state index contributed by atoms with van der Waals surface area (Å²) in [6.45, 7) is 8.65. The van der Waals surface area contributed by atoms with E-state index < -0.39 is 0 Å². The van der Waals surface area contributed by atoms with E-state index in [4.69, 9.17) is 0 Å². The van der Waals surface area contributed by atoms with E-state index >= 15 is 0 Å². The maximum absolute atomic E-state index is 3.46. The summed E-state index contributed by atoms with van der Waals surface area (Å²) >= 11 is 0. The first-order valence-electron chi connectivity index (χ1n) is 8.95. The molecule has 1 aromatic carbocycles.